The molecule has 2 rings (SSSR count). The van der Waals surface area contributed by atoms with Gasteiger partial charge < -0.3 is 10.0 Å². The lowest BCUT2D eigenvalue weighted by Gasteiger charge is -2.35. The van der Waals surface area contributed by atoms with E-state index in [0.29, 0.717) is 0 Å². The Morgan fingerprint density at radius 3 is 2.50 bits per heavy atom. The minimum absolute atomic E-state index is 0.437. The lowest BCUT2D eigenvalue weighted by molar-refractivity contribution is 0.199. The molecule has 1 fully saturated rings. The highest BCUT2D eigenvalue weighted by Gasteiger charge is 2.17. The van der Waals surface area contributed by atoms with Crippen LogP contribution in [-0.2, 0) is 0 Å². The van der Waals surface area contributed by atoms with E-state index in [1.165, 1.54) is 13.0 Å². The van der Waals surface area contributed by atoms with Gasteiger partial charge in [0.25, 0.3) is 0 Å². The lowest BCUT2D eigenvalue weighted by atomic mass is 10.2. The molecule has 1 saturated heterocycles. The molecule has 0 aliphatic carbocycles. The smallest absolute Gasteiger partial charge is 0.128 e. The van der Waals surface area contributed by atoms with Crippen molar-refractivity contribution in [2.45, 2.75) is 26.4 Å². The van der Waals surface area contributed by atoms with Gasteiger partial charge in [-0.1, -0.05) is 13.0 Å². The van der Waals surface area contributed by atoms with Crippen molar-refractivity contribution in [3.8, 4) is 0 Å². The fraction of sp³-hybridized carbons (Fsp3) is 0.643. The molecule has 0 unspecified atom stereocenters. The predicted molar refractivity (Wildman–Crippen MR) is 73.8 cm³/mol. The molecule has 0 bridgehead atoms. The van der Waals surface area contributed by atoms with Crippen LogP contribution in [-0.4, -0.2) is 47.7 Å². The van der Waals surface area contributed by atoms with E-state index in [1.54, 1.807) is 13.1 Å². The predicted octanol–water partition coefficient (Wildman–Crippen LogP) is 1.67. The van der Waals surface area contributed by atoms with Gasteiger partial charge >= 0.3 is 0 Å². The van der Waals surface area contributed by atoms with Gasteiger partial charge in [0.2, 0.25) is 0 Å². The molecule has 2 heterocycles. The third kappa shape index (κ3) is 3.21. The van der Waals surface area contributed by atoms with Gasteiger partial charge in [-0.3, -0.25) is 4.90 Å². The molecule has 18 heavy (non-hydrogen) atoms. The van der Waals surface area contributed by atoms with Crippen LogP contribution >= 0.6 is 0 Å². The van der Waals surface area contributed by atoms with Crippen molar-refractivity contribution >= 4 is 5.82 Å². The monoisotopic (exact) mass is 249 g/mol. The summed E-state index contributed by atoms with van der Waals surface area (Å²) in [5.74, 6) is 1.02. The van der Waals surface area contributed by atoms with Crippen molar-refractivity contribution < 1.29 is 5.11 Å². The Bertz CT molecular complexity index is 356. The Hall–Kier alpha value is -1.13. The Kier molecular flexibility index (Phi) is 4.55. The molecule has 1 aromatic heterocycles. The molecule has 0 spiro atoms. The first-order valence-corrected chi connectivity index (χ1v) is 6.82. The van der Waals surface area contributed by atoms with Gasteiger partial charge in [-0.25, -0.2) is 4.98 Å². The molecular weight excluding hydrogens is 226 g/mol. The molecule has 4 heteroatoms. The first kappa shape index (κ1) is 13.3. The van der Waals surface area contributed by atoms with Crippen LogP contribution in [0.25, 0.3) is 0 Å². The first-order valence-electron chi connectivity index (χ1n) is 6.82. The maximum Gasteiger partial charge on any atom is 0.128 e. The summed E-state index contributed by atoms with van der Waals surface area (Å²) < 4.78 is 0. The zero-order valence-electron chi connectivity index (χ0n) is 11.3. The Balaban J connectivity index is 1.93. The van der Waals surface area contributed by atoms with Gasteiger partial charge in [0, 0.05) is 32.4 Å². The average molecular weight is 249 g/mol. The van der Waals surface area contributed by atoms with Crippen LogP contribution in [0.2, 0.25) is 0 Å². The topological polar surface area (TPSA) is 39.6 Å². The van der Waals surface area contributed by atoms with E-state index in [0.717, 1.165) is 37.6 Å². The average Bonchev–Trinajstić information content (AvgIpc) is 2.40. The SMILES string of the molecule is CCCN1CCN(c2ccc([C@H](C)O)cn2)CC1. The highest BCUT2D eigenvalue weighted by Crippen LogP contribution is 2.17. The summed E-state index contributed by atoms with van der Waals surface area (Å²) in [7, 11) is 0. The maximum atomic E-state index is 9.46. The second kappa shape index (κ2) is 6.16. The normalized spacial score (nSPS) is 18.9. The van der Waals surface area contributed by atoms with Gasteiger partial charge in [-0.2, -0.15) is 0 Å². The van der Waals surface area contributed by atoms with E-state index in [-0.39, 0.29) is 0 Å². The fourth-order valence-electron chi connectivity index (χ4n) is 2.35. The van der Waals surface area contributed by atoms with Crippen LogP contribution < -0.4 is 4.90 Å². The van der Waals surface area contributed by atoms with Gasteiger partial charge in [0.1, 0.15) is 5.82 Å². The van der Waals surface area contributed by atoms with Crippen molar-refractivity contribution in [1.29, 1.82) is 0 Å². The lowest BCUT2D eigenvalue weighted by Crippen LogP contribution is -2.46. The van der Waals surface area contributed by atoms with Gasteiger partial charge in [0.05, 0.1) is 6.10 Å². The van der Waals surface area contributed by atoms with Crippen molar-refractivity contribution in [2.24, 2.45) is 0 Å². The molecule has 1 aliphatic heterocycles. The number of anilines is 1. The standard InChI is InChI=1S/C14H23N3O/c1-3-6-16-7-9-17(10-8-16)14-5-4-13(11-15-14)12(2)18/h4-5,11-12,18H,3,6-10H2,1-2H3/t12-/m0/s1. The molecule has 0 amide bonds. The van der Waals surface area contributed by atoms with Crippen molar-refractivity contribution in [1.82, 2.24) is 9.88 Å². The van der Waals surface area contributed by atoms with Crippen LogP contribution in [0.15, 0.2) is 18.3 Å². The largest absolute Gasteiger partial charge is 0.389 e. The van der Waals surface area contributed by atoms with Crippen LogP contribution in [0.5, 0.6) is 0 Å². The summed E-state index contributed by atoms with van der Waals surface area (Å²) in [5.41, 5.74) is 0.878. The first-order chi connectivity index (χ1) is 8.70. The summed E-state index contributed by atoms with van der Waals surface area (Å²) in [5, 5.41) is 9.46. The molecule has 1 N–H and O–H groups in total. The van der Waals surface area contributed by atoms with E-state index >= 15 is 0 Å². The molecule has 100 valence electrons. The Morgan fingerprint density at radius 2 is 2.00 bits per heavy atom. The molecule has 1 aliphatic rings. The molecule has 4 nitrogen and oxygen atoms in total. The number of aliphatic hydroxyl groups is 1. The minimum atomic E-state index is -0.437. The quantitative estimate of drug-likeness (QED) is 0.881. The Labute approximate surface area is 109 Å². The zero-order valence-corrected chi connectivity index (χ0v) is 11.3. The van der Waals surface area contributed by atoms with E-state index in [4.69, 9.17) is 0 Å². The summed E-state index contributed by atoms with van der Waals surface area (Å²) in [6.45, 7) is 9.51. The van der Waals surface area contributed by atoms with Crippen molar-refractivity contribution in [3.05, 3.63) is 23.9 Å². The number of pyridine rings is 1. The third-order valence-electron chi connectivity index (χ3n) is 3.49. The number of nitrogens with zero attached hydrogens (tertiary/aromatic N) is 3. The van der Waals surface area contributed by atoms with Crippen molar-refractivity contribution in [3.63, 3.8) is 0 Å². The van der Waals surface area contributed by atoms with E-state index in [9.17, 15) is 5.11 Å². The number of aliphatic hydroxyl groups excluding tert-OH is 1. The molecule has 1 aromatic rings. The molecule has 0 saturated carbocycles. The van der Waals surface area contributed by atoms with Gasteiger partial charge in [0.15, 0.2) is 0 Å². The molecule has 0 radical (unpaired) electrons. The summed E-state index contributed by atoms with van der Waals surface area (Å²) in [6, 6.07) is 3.98. The van der Waals surface area contributed by atoms with Crippen LogP contribution in [0.1, 0.15) is 31.9 Å². The minimum Gasteiger partial charge on any atom is -0.389 e. The highest BCUT2D eigenvalue weighted by atomic mass is 16.3. The summed E-state index contributed by atoms with van der Waals surface area (Å²) in [4.78, 5) is 9.26. The molecular formula is C14H23N3O. The third-order valence-corrected chi connectivity index (χ3v) is 3.49. The molecule has 1 atom stereocenters. The van der Waals surface area contributed by atoms with E-state index in [1.807, 2.05) is 12.1 Å². The number of hydrogen-bond donors (Lipinski definition) is 1. The van der Waals surface area contributed by atoms with E-state index in [2.05, 4.69) is 21.7 Å². The number of rotatable bonds is 4. The Morgan fingerprint density at radius 1 is 1.28 bits per heavy atom. The number of hydrogen-bond acceptors (Lipinski definition) is 4. The second-order valence-electron chi connectivity index (χ2n) is 4.95. The highest BCUT2D eigenvalue weighted by molar-refractivity contribution is 5.40. The van der Waals surface area contributed by atoms with Crippen molar-refractivity contribution in [2.75, 3.05) is 37.6 Å². The second-order valence-corrected chi connectivity index (χ2v) is 4.95. The maximum absolute atomic E-state index is 9.46. The van der Waals surface area contributed by atoms with Crippen LogP contribution in [0, 0.1) is 0 Å². The van der Waals surface area contributed by atoms with E-state index < -0.39 is 6.10 Å². The summed E-state index contributed by atoms with van der Waals surface area (Å²) in [6.07, 6.45) is 2.56. The van der Waals surface area contributed by atoms with Gasteiger partial charge in [-0.05, 0) is 31.5 Å². The van der Waals surface area contributed by atoms with Crippen LogP contribution in [0.3, 0.4) is 0 Å². The summed E-state index contributed by atoms with van der Waals surface area (Å²) >= 11 is 0. The number of aromatic nitrogens is 1. The van der Waals surface area contributed by atoms with Crippen LogP contribution in [0.4, 0.5) is 5.82 Å². The number of piperazine rings is 1. The van der Waals surface area contributed by atoms with Gasteiger partial charge in [-0.15, -0.1) is 0 Å². The zero-order chi connectivity index (χ0) is 13.0. The molecule has 0 aromatic carbocycles. The fourth-order valence-corrected chi connectivity index (χ4v) is 2.35.